The quantitative estimate of drug-likeness (QED) is 0.396. The summed E-state index contributed by atoms with van der Waals surface area (Å²) in [5, 5.41) is 9.14. The predicted molar refractivity (Wildman–Crippen MR) is 69.9 cm³/mol. The molecule has 2 heteroatoms. The van der Waals surface area contributed by atoms with Crippen LogP contribution in [0, 0.1) is 5.92 Å². The first-order chi connectivity index (χ1) is 7.57. The van der Waals surface area contributed by atoms with Gasteiger partial charge in [0.2, 0.25) is 0 Å². The van der Waals surface area contributed by atoms with E-state index in [2.05, 4.69) is 31.7 Å². The summed E-state index contributed by atoms with van der Waals surface area (Å²) >= 11 is 0. The Morgan fingerprint density at radius 1 is 1.44 bits per heavy atom. The number of hydrogen-bond donors (Lipinski definition) is 2. The summed E-state index contributed by atoms with van der Waals surface area (Å²) in [6.45, 7) is 6.15. The third kappa shape index (κ3) is 8.49. The van der Waals surface area contributed by atoms with Crippen LogP contribution >= 0.6 is 0 Å². The summed E-state index contributed by atoms with van der Waals surface area (Å²) in [6.07, 6.45) is 9.53. The highest BCUT2D eigenvalue weighted by atomic mass is 16.3. The van der Waals surface area contributed by atoms with E-state index in [0.29, 0.717) is 0 Å². The number of hydrogen-bond acceptors (Lipinski definition) is 2. The summed E-state index contributed by atoms with van der Waals surface area (Å²) in [5.74, 6) is 0.150. The van der Waals surface area contributed by atoms with Crippen LogP contribution in [-0.2, 0) is 0 Å². The van der Waals surface area contributed by atoms with Gasteiger partial charge in [-0.2, -0.15) is 0 Å². The van der Waals surface area contributed by atoms with Crippen LogP contribution in [0.5, 0.6) is 0 Å². The molecule has 0 bridgehead atoms. The molecule has 0 aromatic rings. The van der Waals surface area contributed by atoms with Gasteiger partial charge >= 0.3 is 0 Å². The van der Waals surface area contributed by atoms with Crippen LogP contribution in [0.15, 0.2) is 29.5 Å². The topological polar surface area (TPSA) is 46.2 Å². The molecule has 0 amide bonds. The van der Waals surface area contributed by atoms with Crippen molar-refractivity contribution in [3.63, 3.8) is 0 Å². The molecule has 92 valence electrons. The molecule has 0 fully saturated rings. The van der Waals surface area contributed by atoms with Crippen molar-refractivity contribution in [2.24, 2.45) is 11.7 Å². The first kappa shape index (κ1) is 15.2. The van der Waals surface area contributed by atoms with Gasteiger partial charge in [-0.3, -0.25) is 0 Å². The van der Waals surface area contributed by atoms with Gasteiger partial charge in [-0.25, -0.2) is 0 Å². The second-order valence-corrected chi connectivity index (χ2v) is 4.25. The monoisotopic (exact) mass is 223 g/mol. The van der Waals surface area contributed by atoms with Crippen molar-refractivity contribution in [3.8, 4) is 0 Å². The van der Waals surface area contributed by atoms with E-state index in [1.54, 1.807) is 0 Å². The smallest absolute Gasteiger partial charge is 0.105 e. The fraction of sp³-hybridized carbons (Fsp3) is 0.643. The van der Waals surface area contributed by atoms with Crippen molar-refractivity contribution in [1.82, 2.24) is 0 Å². The van der Waals surface area contributed by atoms with Crippen LogP contribution < -0.4 is 5.73 Å². The Kier molecular flexibility index (Phi) is 8.93. The number of rotatable bonds is 7. The Hall–Kier alpha value is -0.820. The zero-order valence-electron chi connectivity index (χ0n) is 10.7. The number of aliphatic hydroxyl groups is 1. The van der Waals surface area contributed by atoms with Gasteiger partial charge in [0.05, 0.1) is 0 Å². The molecule has 16 heavy (non-hydrogen) atoms. The van der Waals surface area contributed by atoms with Gasteiger partial charge in [-0.05, 0) is 50.2 Å². The van der Waals surface area contributed by atoms with Gasteiger partial charge in [0, 0.05) is 0 Å². The van der Waals surface area contributed by atoms with Crippen LogP contribution in [0.2, 0.25) is 0 Å². The Morgan fingerprint density at radius 3 is 2.69 bits per heavy atom. The maximum absolute atomic E-state index is 9.14. The molecule has 0 heterocycles. The van der Waals surface area contributed by atoms with Gasteiger partial charge in [0.25, 0.3) is 0 Å². The van der Waals surface area contributed by atoms with Crippen LogP contribution in [0.25, 0.3) is 0 Å². The molecule has 0 aliphatic heterocycles. The Bertz CT molecular complexity index is 260. The summed E-state index contributed by atoms with van der Waals surface area (Å²) in [4.78, 5) is 0. The Labute approximate surface area is 99.5 Å². The highest BCUT2D eigenvalue weighted by molar-refractivity contribution is 5.01. The number of nitrogens with two attached hydrogens (primary N) is 1. The fourth-order valence-corrected chi connectivity index (χ4v) is 1.25. The molecule has 0 saturated carbocycles. The average molecular weight is 223 g/mol. The molecule has 0 aliphatic carbocycles. The molecular formula is C14H25NO. The lowest BCUT2D eigenvalue weighted by molar-refractivity contribution is 0.118. The van der Waals surface area contributed by atoms with Gasteiger partial charge in [-0.15, -0.1) is 5.73 Å². The third-order valence-corrected chi connectivity index (χ3v) is 2.56. The first-order valence-corrected chi connectivity index (χ1v) is 6.07. The lowest BCUT2D eigenvalue weighted by Gasteiger charge is -2.13. The molecule has 3 N–H and O–H groups in total. The number of aliphatic hydroxyl groups excluding tert-OH is 1. The SMILES string of the molecule is CC/C=C\CC=C=C(C)CCC(C)C(N)O. The van der Waals surface area contributed by atoms with Gasteiger partial charge < -0.3 is 10.8 Å². The molecule has 0 rings (SSSR count). The van der Waals surface area contributed by atoms with E-state index in [-0.39, 0.29) is 5.92 Å². The molecule has 0 aliphatic rings. The van der Waals surface area contributed by atoms with E-state index in [9.17, 15) is 0 Å². The Morgan fingerprint density at radius 2 is 2.12 bits per heavy atom. The molecule has 0 saturated heterocycles. The highest BCUT2D eigenvalue weighted by Crippen LogP contribution is 2.12. The van der Waals surface area contributed by atoms with Crippen LogP contribution in [-0.4, -0.2) is 11.3 Å². The minimum Gasteiger partial charge on any atom is -0.379 e. The molecule has 2 nitrogen and oxygen atoms in total. The minimum absolute atomic E-state index is 0.150. The first-order valence-electron chi connectivity index (χ1n) is 6.07. The molecule has 0 aromatic carbocycles. The minimum atomic E-state index is -0.704. The number of allylic oxidation sites excluding steroid dienone is 3. The summed E-state index contributed by atoms with van der Waals surface area (Å²) in [7, 11) is 0. The van der Waals surface area contributed by atoms with E-state index in [1.165, 1.54) is 5.57 Å². The lowest BCUT2D eigenvalue weighted by atomic mass is 10.0. The van der Waals surface area contributed by atoms with Crippen molar-refractivity contribution >= 4 is 0 Å². The second kappa shape index (κ2) is 9.41. The molecule has 2 unspecified atom stereocenters. The van der Waals surface area contributed by atoms with E-state index in [4.69, 9.17) is 10.8 Å². The van der Waals surface area contributed by atoms with Crippen molar-refractivity contribution in [2.45, 2.75) is 52.7 Å². The normalized spacial score (nSPS) is 14.6. The second-order valence-electron chi connectivity index (χ2n) is 4.25. The standard InChI is InChI=1S/C14H25NO/c1-4-5-6-7-8-9-12(2)10-11-13(3)14(15)16/h5-6,8,13-14,16H,4,7,10-11,15H2,1-3H3/b6-5-. The molecule has 2 atom stereocenters. The van der Waals surface area contributed by atoms with E-state index >= 15 is 0 Å². The maximum Gasteiger partial charge on any atom is 0.105 e. The summed E-state index contributed by atoms with van der Waals surface area (Å²) in [5.41, 5.74) is 9.86. The largest absolute Gasteiger partial charge is 0.379 e. The average Bonchev–Trinajstić information content (AvgIpc) is 2.25. The molecular weight excluding hydrogens is 198 g/mol. The third-order valence-electron chi connectivity index (χ3n) is 2.56. The van der Waals surface area contributed by atoms with Gasteiger partial charge in [-0.1, -0.05) is 26.0 Å². The van der Waals surface area contributed by atoms with Crippen molar-refractivity contribution < 1.29 is 5.11 Å². The maximum atomic E-state index is 9.14. The molecule has 0 radical (unpaired) electrons. The summed E-state index contributed by atoms with van der Waals surface area (Å²) < 4.78 is 0. The van der Waals surface area contributed by atoms with Crippen molar-refractivity contribution in [2.75, 3.05) is 0 Å². The lowest BCUT2D eigenvalue weighted by Crippen LogP contribution is -2.27. The molecule has 0 aromatic heterocycles. The Balaban J connectivity index is 3.90. The highest BCUT2D eigenvalue weighted by Gasteiger charge is 2.08. The van der Waals surface area contributed by atoms with E-state index in [0.717, 1.165) is 25.7 Å². The van der Waals surface area contributed by atoms with Gasteiger partial charge in [0.15, 0.2) is 0 Å². The van der Waals surface area contributed by atoms with Crippen molar-refractivity contribution in [1.29, 1.82) is 0 Å². The zero-order chi connectivity index (χ0) is 12.4. The van der Waals surface area contributed by atoms with E-state index < -0.39 is 6.23 Å². The van der Waals surface area contributed by atoms with Crippen molar-refractivity contribution in [3.05, 3.63) is 29.5 Å². The predicted octanol–water partition coefficient (Wildman–Crippen LogP) is 3.14. The fourth-order valence-electron chi connectivity index (χ4n) is 1.25. The van der Waals surface area contributed by atoms with Crippen LogP contribution in [0.1, 0.15) is 46.5 Å². The van der Waals surface area contributed by atoms with Crippen LogP contribution in [0.4, 0.5) is 0 Å². The van der Waals surface area contributed by atoms with E-state index in [1.807, 2.05) is 13.0 Å². The molecule has 0 spiro atoms. The van der Waals surface area contributed by atoms with Crippen LogP contribution in [0.3, 0.4) is 0 Å². The van der Waals surface area contributed by atoms with Gasteiger partial charge in [0.1, 0.15) is 6.23 Å². The zero-order valence-corrected chi connectivity index (χ0v) is 10.7. The summed E-state index contributed by atoms with van der Waals surface area (Å²) in [6, 6.07) is 0.